The van der Waals surface area contributed by atoms with E-state index in [1.807, 2.05) is 24.3 Å². The summed E-state index contributed by atoms with van der Waals surface area (Å²) in [5, 5.41) is 0. The van der Waals surface area contributed by atoms with Crippen LogP contribution in [0.25, 0.3) is 0 Å². The highest BCUT2D eigenvalue weighted by Crippen LogP contribution is 2.36. The molecule has 0 aromatic rings. The van der Waals surface area contributed by atoms with E-state index in [4.69, 9.17) is 0 Å². The van der Waals surface area contributed by atoms with Gasteiger partial charge in [-0.25, -0.2) is 9.59 Å². The molecule has 1 unspecified atom stereocenters. The topological polar surface area (TPSA) is 43.4 Å². The Bertz CT molecular complexity index is 489. The molecule has 74 valence electrons. The highest BCUT2D eigenvalue weighted by Gasteiger charge is 2.36. The summed E-state index contributed by atoms with van der Waals surface area (Å²) >= 11 is 0. The maximum atomic E-state index is 11.3. The van der Waals surface area contributed by atoms with Crippen molar-refractivity contribution >= 4 is 11.9 Å². The SMILES string of the molecule is O=C1OC(=O)C2=C1C=C1C=CC=CC1C2. The number of hydrogen-bond acceptors (Lipinski definition) is 3. The van der Waals surface area contributed by atoms with Crippen molar-refractivity contribution < 1.29 is 14.3 Å². The Balaban J connectivity index is 2.10. The second-order valence-corrected chi connectivity index (χ2v) is 3.77. The van der Waals surface area contributed by atoms with Gasteiger partial charge in [-0.2, -0.15) is 0 Å². The Labute approximate surface area is 86.4 Å². The summed E-state index contributed by atoms with van der Waals surface area (Å²) in [7, 11) is 0. The van der Waals surface area contributed by atoms with Crippen LogP contribution in [0, 0.1) is 5.92 Å². The summed E-state index contributed by atoms with van der Waals surface area (Å²) in [5.74, 6) is -0.774. The molecule has 0 saturated carbocycles. The van der Waals surface area contributed by atoms with Gasteiger partial charge in [0.05, 0.1) is 11.1 Å². The fraction of sp³-hybridized carbons (Fsp3) is 0.167. The largest absolute Gasteiger partial charge is 0.386 e. The van der Waals surface area contributed by atoms with Gasteiger partial charge in [0.2, 0.25) is 0 Å². The standard InChI is InChI=1S/C12H8O3/c13-11-9-5-7-3-1-2-4-8(7)6-10(9)12(14)15-11/h1-5,8H,6H2. The highest BCUT2D eigenvalue weighted by atomic mass is 16.6. The molecule has 0 N–H and O–H groups in total. The van der Waals surface area contributed by atoms with E-state index in [0.29, 0.717) is 17.6 Å². The molecular weight excluding hydrogens is 192 g/mol. The average Bonchev–Trinajstić information content (AvgIpc) is 2.52. The molecular formula is C12H8O3. The van der Waals surface area contributed by atoms with Gasteiger partial charge in [0.1, 0.15) is 0 Å². The van der Waals surface area contributed by atoms with Crippen LogP contribution in [0.4, 0.5) is 0 Å². The minimum absolute atomic E-state index is 0.215. The van der Waals surface area contributed by atoms with Crippen molar-refractivity contribution in [2.45, 2.75) is 6.42 Å². The monoisotopic (exact) mass is 200 g/mol. The third kappa shape index (κ3) is 1.13. The van der Waals surface area contributed by atoms with E-state index in [2.05, 4.69) is 4.74 Å². The van der Waals surface area contributed by atoms with E-state index in [-0.39, 0.29) is 5.92 Å². The molecule has 0 bridgehead atoms. The molecule has 3 aliphatic rings. The van der Waals surface area contributed by atoms with Crippen molar-refractivity contribution in [3.63, 3.8) is 0 Å². The molecule has 0 aromatic heterocycles. The highest BCUT2D eigenvalue weighted by molar-refractivity contribution is 6.14. The Hall–Kier alpha value is -1.90. The van der Waals surface area contributed by atoms with E-state index in [1.54, 1.807) is 6.08 Å². The summed E-state index contributed by atoms with van der Waals surface area (Å²) in [6, 6.07) is 0. The lowest BCUT2D eigenvalue weighted by molar-refractivity contribution is -0.151. The number of allylic oxidation sites excluding steroid dienone is 5. The molecule has 0 amide bonds. The summed E-state index contributed by atoms with van der Waals surface area (Å²) in [6.07, 6.45) is 10.2. The van der Waals surface area contributed by atoms with Crippen LogP contribution < -0.4 is 0 Å². The molecule has 2 aliphatic carbocycles. The zero-order valence-corrected chi connectivity index (χ0v) is 7.90. The predicted octanol–water partition coefficient (Wildman–Crippen LogP) is 1.44. The van der Waals surface area contributed by atoms with Crippen LogP contribution in [0.3, 0.4) is 0 Å². The number of ether oxygens (including phenoxy) is 1. The van der Waals surface area contributed by atoms with Gasteiger partial charge < -0.3 is 4.74 Å². The molecule has 1 aliphatic heterocycles. The van der Waals surface area contributed by atoms with Gasteiger partial charge in [0, 0.05) is 5.92 Å². The lowest BCUT2D eigenvalue weighted by Gasteiger charge is -2.20. The Morgan fingerprint density at radius 2 is 2.07 bits per heavy atom. The number of rotatable bonds is 0. The fourth-order valence-electron chi connectivity index (χ4n) is 2.10. The van der Waals surface area contributed by atoms with Crippen LogP contribution in [0.1, 0.15) is 6.42 Å². The van der Waals surface area contributed by atoms with E-state index in [1.165, 1.54) is 0 Å². The van der Waals surface area contributed by atoms with Crippen molar-refractivity contribution in [3.8, 4) is 0 Å². The van der Waals surface area contributed by atoms with Gasteiger partial charge in [0.25, 0.3) is 0 Å². The quantitative estimate of drug-likeness (QED) is 0.439. The third-order valence-corrected chi connectivity index (χ3v) is 2.88. The number of carbonyl (C=O) groups excluding carboxylic acids is 2. The lowest BCUT2D eigenvalue weighted by atomic mass is 9.82. The molecule has 3 rings (SSSR count). The molecule has 0 radical (unpaired) electrons. The summed E-state index contributed by atoms with van der Waals surface area (Å²) in [5.41, 5.74) is 2.03. The maximum absolute atomic E-state index is 11.3. The van der Waals surface area contributed by atoms with Crippen molar-refractivity contribution in [3.05, 3.63) is 47.1 Å². The van der Waals surface area contributed by atoms with E-state index in [9.17, 15) is 9.59 Å². The summed E-state index contributed by atoms with van der Waals surface area (Å²) in [6.45, 7) is 0. The van der Waals surface area contributed by atoms with Crippen LogP contribution >= 0.6 is 0 Å². The first kappa shape index (κ1) is 8.41. The number of esters is 2. The number of cyclic esters (lactones) is 2. The van der Waals surface area contributed by atoms with Crippen molar-refractivity contribution in [1.82, 2.24) is 0 Å². The zero-order chi connectivity index (χ0) is 10.4. The normalized spacial score (nSPS) is 27.5. The summed E-state index contributed by atoms with van der Waals surface area (Å²) < 4.78 is 4.57. The number of hydrogen-bond donors (Lipinski definition) is 0. The Morgan fingerprint density at radius 1 is 1.20 bits per heavy atom. The maximum Gasteiger partial charge on any atom is 0.346 e. The first-order valence-electron chi connectivity index (χ1n) is 4.82. The number of fused-ring (bicyclic) bond motifs is 1. The predicted molar refractivity (Wildman–Crippen MR) is 52.6 cm³/mol. The summed E-state index contributed by atoms with van der Waals surface area (Å²) in [4.78, 5) is 22.6. The zero-order valence-electron chi connectivity index (χ0n) is 7.90. The van der Waals surface area contributed by atoms with Crippen LogP contribution in [-0.2, 0) is 14.3 Å². The van der Waals surface area contributed by atoms with Crippen LogP contribution in [-0.4, -0.2) is 11.9 Å². The minimum atomic E-state index is -0.510. The first-order chi connectivity index (χ1) is 7.25. The third-order valence-electron chi connectivity index (χ3n) is 2.88. The van der Waals surface area contributed by atoms with Crippen LogP contribution in [0.15, 0.2) is 47.1 Å². The molecule has 3 nitrogen and oxygen atoms in total. The van der Waals surface area contributed by atoms with Crippen molar-refractivity contribution in [2.75, 3.05) is 0 Å². The average molecular weight is 200 g/mol. The lowest BCUT2D eigenvalue weighted by Crippen LogP contribution is -2.11. The van der Waals surface area contributed by atoms with Gasteiger partial charge in [-0.1, -0.05) is 24.3 Å². The molecule has 15 heavy (non-hydrogen) atoms. The van der Waals surface area contributed by atoms with Crippen molar-refractivity contribution in [1.29, 1.82) is 0 Å². The van der Waals surface area contributed by atoms with Gasteiger partial charge >= 0.3 is 11.9 Å². The first-order valence-corrected chi connectivity index (χ1v) is 4.82. The van der Waals surface area contributed by atoms with Crippen molar-refractivity contribution in [2.24, 2.45) is 5.92 Å². The van der Waals surface area contributed by atoms with Gasteiger partial charge in [-0.15, -0.1) is 0 Å². The Morgan fingerprint density at radius 3 is 2.93 bits per heavy atom. The van der Waals surface area contributed by atoms with E-state index >= 15 is 0 Å². The second kappa shape index (κ2) is 2.79. The van der Waals surface area contributed by atoms with E-state index in [0.717, 1.165) is 5.57 Å². The minimum Gasteiger partial charge on any atom is -0.386 e. The molecule has 1 heterocycles. The van der Waals surface area contributed by atoms with Gasteiger partial charge in [0.15, 0.2) is 0 Å². The smallest absolute Gasteiger partial charge is 0.346 e. The van der Waals surface area contributed by atoms with Crippen LogP contribution in [0.2, 0.25) is 0 Å². The van der Waals surface area contributed by atoms with Gasteiger partial charge in [-0.05, 0) is 18.1 Å². The molecule has 0 spiro atoms. The molecule has 3 heteroatoms. The van der Waals surface area contributed by atoms with Gasteiger partial charge in [-0.3, -0.25) is 0 Å². The molecule has 0 aromatic carbocycles. The fourth-order valence-corrected chi connectivity index (χ4v) is 2.10. The molecule has 0 fully saturated rings. The molecule has 1 atom stereocenters. The van der Waals surface area contributed by atoms with E-state index < -0.39 is 11.9 Å². The number of carbonyl (C=O) groups is 2. The molecule has 0 saturated heterocycles. The Kier molecular flexibility index (Phi) is 1.57. The second-order valence-electron chi connectivity index (χ2n) is 3.77. The van der Waals surface area contributed by atoms with Crippen LogP contribution in [0.5, 0.6) is 0 Å².